The summed E-state index contributed by atoms with van der Waals surface area (Å²) in [4.78, 5) is 16.8. The highest BCUT2D eigenvalue weighted by atomic mass is 16.5. The summed E-state index contributed by atoms with van der Waals surface area (Å²) in [7, 11) is 0. The van der Waals surface area contributed by atoms with Crippen LogP contribution in [0, 0.1) is 0 Å². The van der Waals surface area contributed by atoms with Gasteiger partial charge in [-0.2, -0.15) is 0 Å². The minimum Gasteiger partial charge on any atom is -0.397 e. The molecule has 5 nitrogen and oxygen atoms in total. The number of carbonyl (C=O) groups is 1. The number of ether oxygens (including phenoxy) is 1. The van der Waals surface area contributed by atoms with Crippen molar-refractivity contribution < 1.29 is 9.53 Å². The van der Waals surface area contributed by atoms with Crippen molar-refractivity contribution in [3.63, 3.8) is 0 Å². The average molecular weight is 223 g/mol. The third-order valence-electron chi connectivity index (χ3n) is 2.64. The van der Waals surface area contributed by atoms with Gasteiger partial charge in [0.15, 0.2) is 0 Å². The van der Waals surface area contributed by atoms with Gasteiger partial charge in [-0.05, 0) is 19.9 Å². The highest BCUT2D eigenvalue weighted by molar-refractivity contribution is 5.93. The Balaban J connectivity index is 2.09. The van der Waals surface area contributed by atoms with Gasteiger partial charge < -0.3 is 20.4 Å². The van der Waals surface area contributed by atoms with Gasteiger partial charge in [-0.25, -0.2) is 0 Å². The van der Waals surface area contributed by atoms with Gasteiger partial charge in [0.2, 0.25) is 0 Å². The molecule has 0 aromatic carbocycles. The fourth-order valence-corrected chi connectivity index (χ4v) is 2.05. The Labute approximate surface area is 94.6 Å². The van der Waals surface area contributed by atoms with Crippen LogP contribution in [0.15, 0.2) is 12.3 Å². The van der Waals surface area contributed by atoms with E-state index in [1.807, 2.05) is 13.8 Å². The molecule has 88 valence electrons. The predicted octanol–water partition coefficient (Wildman–Crippen LogP) is 0.846. The second-order valence-electron chi connectivity index (χ2n) is 4.31. The average Bonchev–Trinajstić information content (AvgIpc) is 2.62. The molecule has 1 amide bonds. The number of aromatic nitrogens is 1. The van der Waals surface area contributed by atoms with Crippen LogP contribution in [-0.2, 0) is 4.74 Å². The molecule has 0 aliphatic carbocycles. The van der Waals surface area contributed by atoms with Crippen LogP contribution in [-0.4, -0.2) is 41.1 Å². The van der Waals surface area contributed by atoms with E-state index in [9.17, 15) is 4.79 Å². The Morgan fingerprint density at radius 2 is 2.12 bits per heavy atom. The summed E-state index contributed by atoms with van der Waals surface area (Å²) in [5, 5.41) is 0. The number of morpholine rings is 1. The second-order valence-corrected chi connectivity index (χ2v) is 4.31. The maximum atomic E-state index is 12.1. The van der Waals surface area contributed by atoms with E-state index in [-0.39, 0.29) is 18.1 Å². The van der Waals surface area contributed by atoms with Crippen LogP contribution >= 0.6 is 0 Å². The maximum Gasteiger partial charge on any atom is 0.270 e. The first-order valence-electron chi connectivity index (χ1n) is 5.45. The lowest BCUT2D eigenvalue weighted by atomic mass is 10.2. The number of rotatable bonds is 1. The van der Waals surface area contributed by atoms with Gasteiger partial charge in [-0.1, -0.05) is 0 Å². The molecule has 1 aliphatic heterocycles. The SMILES string of the molecule is C[C@@H]1CN(C(=O)c2cc(N)c[nH]2)C[C@H](C)O1. The molecule has 0 spiro atoms. The van der Waals surface area contributed by atoms with Crippen molar-refractivity contribution in [1.29, 1.82) is 0 Å². The van der Waals surface area contributed by atoms with Crippen LogP contribution in [0.1, 0.15) is 24.3 Å². The van der Waals surface area contributed by atoms with Crippen LogP contribution < -0.4 is 5.73 Å². The van der Waals surface area contributed by atoms with Crippen molar-refractivity contribution in [2.75, 3.05) is 18.8 Å². The zero-order valence-electron chi connectivity index (χ0n) is 9.56. The third-order valence-corrected chi connectivity index (χ3v) is 2.64. The number of aromatic amines is 1. The molecule has 5 heteroatoms. The number of carbonyl (C=O) groups excluding carboxylic acids is 1. The molecule has 16 heavy (non-hydrogen) atoms. The molecule has 2 atom stereocenters. The second kappa shape index (κ2) is 4.17. The van der Waals surface area contributed by atoms with E-state index in [0.717, 1.165) is 0 Å². The van der Waals surface area contributed by atoms with Gasteiger partial charge in [0, 0.05) is 25.0 Å². The molecule has 1 saturated heterocycles. The summed E-state index contributed by atoms with van der Waals surface area (Å²) in [5.41, 5.74) is 6.70. The number of hydrogen-bond donors (Lipinski definition) is 2. The number of nitrogens with zero attached hydrogens (tertiary/aromatic N) is 1. The van der Waals surface area contributed by atoms with Crippen molar-refractivity contribution in [3.8, 4) is 0 Å². The van der Waals surface area contributed by atoms with Gasteiger partial charge in [0.25, 0.3) is 5.91 Å². The van der Waals surface area contributed by atoms with Crippen LogP contribution in [0.4, 0.5) is 5.69 Å². The Kier molecular flexibility index (Phi) is 2.87. The third kappa shape index (κ3) is 2.19. The zero-order valence-corrected chi connectivity index (χ0v) is 9.56. The number of nitrogen functional groups attached to an aromatic ring is 1. The first-order valence-corrected chi connectivity index (χ1v) is 5.45. The van der Waals surface area contributed by atoms with Crippen molar-refractivity contribution in [2.24, 2.45) is 0 Å². The Bertz CT molecular complexity index is 378. The van der Waals surface area contributed by atoms with Gasteiger partial charge in [0.05, 0.1) is 12.2 Å². The number of nitrogens with one attached hydrogen (secondary N) is 1. The Morgan fingerprint density at radius 3 is 2.62 bits per heavy atom. The first-order chi connectivity index (χ1) is 7.56. The van der Waals surface area contributed by atoms with Crippen LogP contribution in [0.2, 0.25) is 0 Å². The van der Waals surface area contributed by atoms with E-state index >= 15 is 0 Å². The first kappa shape index (κ1) is 11.0. The quantitative estimate of drug-likeness (QED) is 0.741. The van der Waals surface area contributed by atoms with Crippen molar-refractivity contribution in [3.05, 3.63) is 18.0 Å². The van der Waals surface area contributed by atoms with Gasteiger partial charge >= 0.3 is 0 Å². The summed E-state index contributed by atoms with van der Waals surface area (Å²) in [6.45, 7) is 5.20. The lowest BCUT2D eigenvalue weighted by Gasteiger charge is -2.35. The van der Waals surface area contributed by atoms with E-state index in [2.05, 4.69) is 4.98 Å². The number of H-pyrrole nitrogens is 1. The van der Waals surface area contributed by atoms with Gasteiger partial charge in [0.1, 0.15) is 5.69 Å². The normalized spacial score (nSPS) is 25.8. The lowest BCUT2D eigenvalue weighted by Crippen LogP contribution is -2.48. The molecule has 1 aromatic rings. The molecule has 3 N–H and O–H groups in total. The van der Waals surface area contributed by atoms with Crippen LogP contribution in [0.3, 0.4) is 0 Å². The minimum absolute atomic E-state index is 0.0151. The Hall–Kier alpha value is -1.49. The lowest BCUT2D eigenvalue weighted by molar-refractivity contribution is -0.0587. The van der Waals surface area contributed by atoms with Gasteiger partial charge in [-0.15, -0.1) is 0 Å². The summed E-state index contributed by atoms with van der Waals surface area (Å²) in [6.07, 6.45) is 1.79. The largest absolute Gasteiger partial charge is 0.397 e. The number of amides is 1. The smallest absolute Gasteiger partial charge is 0.270 e. The molecular weight excluding hydrogens is 206 g/mol. The van der Waals surface area contributed by atoms with Crippen LogP contribution in [0.25, 0.3) is 0 Å². The minimum atomic E-state index is -0.0151. The van der Waals surface area contributed by atoms with Crippen molar-refractivity contribution in [1.82, 2.24) is 9.88 Å². The number of nitrogens with two attached hydrogens (primary N) is 1. The maximum absolute atomic E-state index is 12.1. The van der Waals surface area contributed by atoms with Crippen LogP contribution in [0.5, 0.6) is 0 Å². The van der Waals surface area contributed by atoms with E-state index in [4.69, 9.17) is 10.5 Å². The zero-order chi connectivity index (χ0) is 11.7. The highest BCUT2D eigenvalue weighted by Crippen LogP contribution is 2.14. The number of anilines is 1. The summed E-state index contributed by atoms with van der Waals surface area (Å²) >= 11 is 0. The molecule has 2 heterocycles. The molecule has 0 unspecified atom stereocenters. The molecule has 1 aliphatic rings. The van der Waals surface area contributed by atoms with Gasteiger partial charge in [-0.3, -0.25) is 4.79 Å². The molecule has 0 saturated carbocycles. The standard InChI is InChI=1S/C11H17N3O2/c1-7-5-14(6-8(2)16-7)11(15)10-3-9(12)4-13-10/h3-4,7-8,13H,5-6,12H2,1-2H3/t7-,8+. The highest BCUT2D eigenvalue weighted by Gasteiger charge is 2.27. The molecule has 0 bridgehead atoms. The molecule has 1 fully saturated rings. The van der Waals surface area contributed by atoms with E-state index in [0.29, 0.717) is 24.5 Å². The summed E-state index contributed by atoms with van der Waals surface area (Å²) in [6, 6.07) is 1.66. The summed E-state index contributed by atoms with van der Waals surface area (Å²) in [5.74, 6) is -0.0151. The summed E-state index contributed by atoms with van der Waals surface area (Å²) < 4.78 is 5.58. The molecule has 0 radical (unpaired) electrons. The fraction of sp³-hybridized carbons (Fsp3) is 0.545. The monoisotopic (exact) mass is 223 g/mol. The van der Waals surface area contributed by atoms with E-state index in [1.54, 1.807) is 17.2 Å². The van der Waals surface area contributed by atoms with E-state index < -0.39 is 0 Å². The molecule has 2 rings (SSSR count). The number of hydrogen-bond acceptors (Lipinski definition) is 3. The fourth-order valence-electron chi connectivity index (χ4n) is 2.05. The topological polar surface area (TPSA) is 71.3 Å². The Morgan fingerprint density at radius 1 is 1.50 bits per heavy atom. The van der Waals surface area contributed by atoms with E-state index in [1.165, 1.54) is 0 Å². The molecular formula is C11H17N3O2. The van der Waals surface area contributed by atoms with Crippen molar-refractivity contribution in [2.45, 2.75) is 26.1 Å². The van der Waals surface area contributed by atoms with Crippen molar-refractivity contribution >= 4 is 11.6 Å². The molecule has 1 aromatic heterocycles. The predicted molar refractivity (Wildman–Crippen MR) is 61.1 cm³/mol.